The van der Waals surface area contributed by atoms with Crippen molar-refractivity contribution in [3.05, 3.63) is 6.92 Å². The summed E-state index contributed by atoms with van der Waals surface area (Å²) in [5.74, 6) is 0. The molecule has 26 valence electrons. The molecule has 0 spiro atoms. The fraction of sp³-hybridized carbons (Fsp3) is 0.500. The quantitative estimate of drug-likeness (QED) is 0.330. The van der Waals surface area contributed by atoms with Gasteiger partial charge in [0.25, 0.3) is 0 Å². The second kappa shape index (κ2) is 17.6. The summed E-state index contributed by atoms with van der Waals surface area (Å²) in [5.41, 5.74) is 0. The molecule has 2 heteroatoms. The molecule has 0 nitrogen and oxygen atoms in total. The van der Waals surface area contributed by atoms with Crippen molar-refractivity contribution >= 4 is 0 Å². The van der Waals surface area contributed by atoms with Gasteiger partial charge in [-0.2, -0.15) is 6.92 Å². The van der Waals surface area contributed by atoms with Crippen LogP contribution in [0.5, 0.6) is 0 Å². The first-order valence-electron chi connectivity index (χ1n) is 0.707. The molecule has 0 aliphatic heterocycles. The van der Waals surface area contributed by atoms with Gasteiger partial charge < -0.3 is 8.35 Å². The maximum atomic E-state index is 3.25. The second-order valence-corrected chi connectivity index (χ2v) is 0. The van der Waals surface area contributed by atoms with E-state index in [9.17, 15) is 0 Å². The van der Waals surface area contributed by atoms with Crippen molar-refractivity contribution < 1.29 is 87.4 Å². The van der Waals surface area contributed by atoms with Gasteiger partial charge in [-0.15, -0.1) is 0 Å². The van der Waals surface area contributed by atoms with E-state index >= 15 is 0 Å². The van der Waals surface area contributed by atoms with Gasteiger partial charge in [0.2, 0.25) is 0 Å². The zero-order chi connectivity index (χ0) is 2.00. The Labute approximate surface area is 98.5 Å². The molecule has 0 atom stereocenters. The van der Waals surface area contributed by atoms with Gasteiger partial charge in [-0.3, -0.25) is 0 Å². The zero-order valence-electron chi connectivity index (χ0n) is 4.01. The van der Waals surface area contributed by atoms with Gasteiger partial charge >= 0.3 is 86.0 Å². The minimum atomic E-state index is 0. The Kier molecular flexibility index (Phi) is 70.4. The van der Waals surface area contributed by atoms with Crippen molar-refractivity contribution in [2.75, 3.05) is 0 Å². The SMILES string of the molecule is [CH2-]C.[Cs+].[Cu+].[H-]. The van der Waals surface area contributed by atoms with Gasteiger partial charge in [-0.25, -0.2) is 0 Å². The molecule has 4 heavy (non-hydrogen) atoms. The van der Waals surface area contributed by atoms with Gasteiger partial charge in [0, 0.05) is 0 Å². The van der Waals surface area contributed by atoms with Gasteiger partial charge in [0.15, 0.2) is 0 Å². The Morgan fingerprint density at radius 2 is 1.50 bits per heavy atom. The average molecular weight is 227 g/mol. The Bertz CT molecular complexity index is 9.61. The molecule has 0 bridgehead atoms. The van der Waals surface area contributed by atoms with Gasteiger partial charge in [-0.1, -0.05) is 0 Å². The zero-order valence-corrected chi connectivity index (χ0v) is 10.2. The van der Waals surface area contributed by atoms with E-state index in [0.717, 1.165) is 0 Å². The van der Waals surface area contributed by atoms with E-state index in [1.54, 1.807) is 6.92 Å². The van der Waals surface area contributed by atoms with Crippen LogP contribution in [0.25, 0.3) is 0 Å². The molecule has 0 aromatic heterocycles. The summed E-state index contributed by atoms with van der Waals surface area (Å²) in [6, 6.07) is 0. The van der Waals surface area contributed by atoms with Crippen LogP contribution in [0, 0.1) is 6.92 Å². The first-order chi connectivity index (χ1) is 1.00. The Hall–Kier alpha value is 2.57. The number of hydrogen-bond acceptors (Lipinski definition) is 0. The molecule has 0 saturated heterocycles. The van der Waals surface area contributed by atoms with E-state index in [0.29, 0.717) is 0 Å². The van der Waals surface area contributed by atoms with E-state index in [1.165, 1.54) is 0 Å². The normalized spacial score (nSPS) is 1.50. The summed E-state index contributed by atoms with van der Waals surface area (Å²) >= 11 is 0. The van der Waals surface area contributed by atoms with Crippen LogP contribution < -0.4 is 68.9 Å². The Morgan fingerprint density at radius 3 is 1.50 bits per heavy atom. The number of rotatable bonds is 0. The molecule has 0 aromatic rings. The third kappa shape index (κ3) is 8.82. The van der Waals surface area contributed by atoms with Crippen LogP contribution in [0.15, 0.2) is 0 Å². The molecule has 0 radical (unpaired) electrons. The minimum Gasteiger partial charge on any atom is -1.00 e. The summed E-state index contributed by atoms with van der Waals surface area (Å²) < 4.78 is 0. The molecule has 0 fully saturated rings. The molecule has 0 heterocycles. The standard InChI is InChI=1S/C2H5.Cs.Cu.H/c1-2;;;/h1H2,2H3;;;/q-1;2*+1;-1. The van der Waals surface area contributed by atoms with E-state index in [-0.39, 0.29) is 87.4 Å². The summed E-state index contributed by atoms with van der Waals surface area (Å²) in [4.78, 5) is 0. The monoisotopic (exact) mass is 226 g/mol. The minimum absolute atomic E-state index is 0. The van der Waals surface area contributed by atoms with Crippen molar-refractivity contribution in [3.8, 4) is 0 Å². The van der Waals surface area contributed by atoms with Crippen LogP contribution in [-0.4, -0.2) is 0 Å². The Balaban J connectivity index is -0.00000000167. The van der Waals surface area contributed by atoms with Crippen LogP contribution in [0.2, 0.25) is 0 Å². The second-order valence-electron chi connectivity index (χ2n) is 0. The summed E-state index contributed by atoms with van der Waals surface area (Å²) in [6.07, 6.45) is 0. The van der Waals surface area contributed by atoms with Crippen LogP contribution in [-0.2, 0) is 17.1 Å². The number of hydrogen-bond donors (Lipinski definition) is 0. The largest absolute Gasteiger partial charge is 1.00 e. The molecule has 0 aliphatic rings. The molecule has 0 amide bonds. The van der Waals surface area contributed by atoms with Crippen LogP contribution in [0.1, 0.15) is 8.35 Å². The predicted octanol–water partition coefficient (Wildman–Crippen LogP) is -2.05. The molecule has 0 aromatic carbocycles. The van der Waals surface area contributed by atoms with Crippen LogP contribution >= 0.6 is 0 Å². The van der Waals surface area contributed by atoms with Crippen molar-refractivity contribution in [3.63, 3.8) is 0 Å². The topological polar surface area (TPSA) is 0 Å². The van der Waals surface area contributed by atoms with E-state index < -0.39 is 0 Å². The third-order valence-corrected chi connectivity index (χ3v) is 0. The van der Waals surface area contributed by atoms with Crippen LogP contribution in [0.3, 0.4) is 0 Å². The maximum absolute atomic E-state index is 3.25. The van der Waals surface area contributed by atoms with E-state index in [1.807, 2.05) is 0 Å². The summed E-state index contributed by atoms with van der Waals surface area (Å²) in [7, 11) is 0. The average Bonchev–Trinajstić information content (AvgIpc) is 1.00. The fourth-order valence-corrected chi connectivity index (χ4v) is 0. The molecule has 0 N–H and O–H groups in total. The molecular weight excluding hydrogens is 220 g/mol. The van der Waals surface area contributed by atoms with Crippen molar-refractivity contribution in [2.24, 2.45) is 0 Å². The first-order valence-corrected chi connectivity index (χ1v) is 0.707. The van der Waals surface area contributed by atoms with Crippen LogP contribution in [0.4, 0.5) is 0 Å². The fourth-order valence-electron chi connectivity index (χ4n) is 0. The van der Waals surface area contributed by atoms with Gasteiger partial charge in [0.05, 0.1) is 0 Å². The molecule has 0 saturated carbocycles. The van der Waals surface area contributed by atoms with Crippen molar-refractivity contribution in [1.82, 2.24) is 0 Å². The maximum Gasteiger partial charge on any atom is 1.00 e. The molecule has 0 aliphatic carbocycles. The van der Waals surface area contributed by atoms with Crippen molar-refractivity contribution in [2.45, 2.75) is 6.92 Å². The van der Waals surface area contributed by atoms with Gasteiger partial charge in [0.1, 0.15) is 0 Å². The first kappa shape index (κ1) is 16.0. The predicted molar refractivity (Wildman–Crippen MR) is 12.1 cm³/mol. The molecular formula is C2H6CsCu. The van der Waals surface area contributed by atoms with E-state index in [4.69, 9.17) is 0 Å². The van der Waals surface area contributed by atoms with Crippen molar-refractivity contribution in [1.29, 1.82) is 0 Å². The third-order valence-electron chi connectivity index (χ3n) is 0. The van der Waals surface area contributed by atoms with E-state index in [2.05, 4.69) is 6.92 Å². The molecule has 0 unspecified atom stereocenters. The summed E-state index contributed by atoms with van der Waals surface area (Å²) in [6.45, 7) is 5.00. The Morgan fingerprint density at radius 1 is 1.50 bits per heavy atom. The van der Waals surface area contributed by atoms with Gasteiger partial charge in [-0.05, 0) is 0 Å². The summed E-state index contributed by atoms with van der Waals surface area (Å²) in [5, 5.41) is 0. The molecule has 0 rings (SSSR count). The smallest absolute Gasteiger partial charge is 1.00 e.